The number of nitrogens with zero attached hydrogens (tertiary/aromatic N) is 1. The van der Waals surface area contributed by atoms with Crippen molar-refractivity contribution in [1.82, 2.24) is 9.88 Å². The second kappa shape index (κ2) is 7.07. The predicted octanol–water partition coefficient (Wildman–Crippen LogP) is 4.49. The van der Waals surface area contributed by atoms with E-state index < -0.39 is 11.6 Å². The van der Waals surface area contributed by atoms with E-state index >= 15 is 0 Å². The van der Waals surface area contributed by atoms with Gasteiger partial charge in [0.1, 0.15) is 5.69 Å². The molecule has 27 heavy (non-hydrogen) atoms. The Balaban J connectivity index is 1.62. The van der Waals surface area contributed by atoms with Crippen LogP contribution in [0.1, 0.15) is 21.6 Å². The molecule has 0 aliphatic rings. The minimum Gasteiger partial charge on any atom is -0.463 e. The Bertz CT molecular complexity index is 1100. The summed E-state index contributed by atoms with van der Waals surface area (Å²) in [6.45, 7) is 0.603. The van der Waals surface area contributed by atoms with Gasteiger partial charge in [-0.3, -0.25) is 4.79 Å². The van der Waals surface area contributed by atoms with Gasteiger partial charge in [-0.25, -0.2) is 8.78 Å². The van der Waals surface area contributed by atoms with Gasteiger partial charge in [0.15, 0.2) is 17.2 Å². The van der Waals surface area contributed by atoms with Gasteiger partial charge in [-0.2, -0.15) is 0 Å². The SMILES string of the molecule is O=C(NCc1ccccc1)c1cc2occc2n1Cc1ccc(F)c(F)c1. The largest absolute Gasteiger partial charge is 0.463 e. The summed E-state index contributed by atoms with van der Waals surface area (Å²) < 4.78 is 33.9. The van der Waals surface area contributed by atoms with Crippen molar-refractivity contribution in [2.75, 3.05) is 0 Å². The number of benzene rings is 2. The molecule has 136 valence electrons. The van der Waals surface area contributed by atoms with Crippen LogP contribution in [0.5, 0.6) is 0 Å². The van der Waals surface area contributed by atoms with Crippen molar-refractivity contribution in [3.05, 3.63) is 95.4 Å². The topological polar surface area (TPSA) is 47.2 Å². The molecule has 0 radical (unpaired) electrons. The first kappa shape index (κ1) is 17.0. The lowest BCUT2D eigenvalue weighted by Crippen LogP contribution is -2.25. The number of amides is 1. The first-order chi connectivity index (χ1) is 13.1. The zero-order valence-electron chi connectivity index (χ0n) is 14.3. The van der Waals surface area contributed by atoms with Crippen LogP contribution in [-0.2, 0) is 13.1 Å². The maximum Gasteiger partial charge on any atom is 0.268 e. The van der Waals surface area contributed by atoms with Gasteiger partial charge >= 0.3 is 0 Å². The first-order valence-corrected chi connectivity index (χ1v) is 8.44. The van der Waals surface area contributed by atoms with E-state index in [0.29, 0.717) is 28.9 Å². The quantitative estimate of drug-likeness (QED) is 0.566. The van der Waals surface area contributed by atoms with Crippen LogP contribution >= 0.6 is 0 Å². The molecule has 0 bridgehead atoms. The molecule has 2 aromatic carbocycles. The van der Waals surface area contributed by atoms with Crippen LogP contribution in [0.15, 0.2) is 71.3 Å². The van der Waals surface area contributed by atoms with E-state index in [2.05, 4.69) is 5.32 Å². The molecule has 2 heterocycles. The van der Waals surface area contributed by atoms with E-state index in [9.17, 15) is 13.6 Å². The number of rotatable bonds is 5. The third-order valence-corrected chi connectivity index (χ3v) is 4.38. The summed E-state index contributed by atoms with van der Waals surface area (Å²) in [4.78, 5) is 12.7. The average molecular weight is 366 g/mol. The molecule has 0 spiro atoms. The van der Waals surface area contributed by atoms with Gasteiger partial charge in [0.25, 0.3) is 5.91 Å². The fourth-order valence-electron chi connectivity index (χ4n) is 3.02. The number of carbonyl (C=O) groups excluding carboxylic acids is 1. The second-order valence-electron chi connectivity index (χ2n) is 6.20. The highest BCUT2D eigenvalue weighted by Crippen LogP contribution is 2.23. The summed E-state index contributed by atoms with van der Waals surface area (Å²) in [5, 5.41) is 2.88. The molecule has 0 aliphatic carbocycles. The molecule has 0 aliphatic heterocycles. The highest BCUT2D eigenvalue weighted by Gasteiger charge is 2.18. The molecular formula is C21H16F2N2O2. The van der Waals surface area contributed by atoms with E-state index in [1.54, 1.807) is 16.7 Å². The van der Waals surface area contributed by atoms with Crippen LogP contribution in [0.2, 0.25) is 0 Å². The first-order valence-electron chi connectivity index (χ1n) is 8.44. The van der Waals surface area contributed by atoms with Crippen LogP contribution in [0, 0.1) is 11.6 Å². The number of fused-ring (bicyclic) bond motifs is 1. The molecule has 1 N–H and O–H groups in total. The highest BCUT2D eigenvalue weighted by atomic mass is 19.2. The predicted molar refractivity (Wildman–Crippen MR) is 97.3 cm³/mol. The second-order valence-corrected chi connectivity index (χ2v) is 6.20. The van der Waals surface area contributed by atoms with Gasteiger partial charge in [0.2, 0.25) is 0 Å². The maximum absolute atomic E-state index is 13.5. The standard InChI is InChI=1S/C21H16F2N2O2/c22-16-7-6-15(10-17(16)23)13-25-18-8-9-27-20(18)11-19(25)21(26)24-12-14-4-2-1-3-5-14/h1-11H,12-13H2,(H,24,26). The van der Waals surface area contributed by atoms with Crippen LogP contribution in [-0.4, -0.2) is 10.5 Å². The number of furan rings is 1. The third kappa shape index (κ3) is 3.46. The molecular weight excluding hydrogens is 350 g/mol. The van der Waals surface area contributed by atoms with Crippen LogP contribution in [0.25, 0.3) is 11.1 Å². The van der Waals surface area contributed by atoms with Gasteiger partial charge in [-0.1, -0.05) is 36.4 Å². The van der Waals surface area contributed by atoms with E-state index in [1.165, 1.54) is 12.3 Å². The number of halogens is 2. The number of hydrogen-bond donors (Lipinski definition) is 1. The van der Waals surface area contributed by atoms with E-state index in [0.717, 1.165) is 17.7 Å². The van der Waals surface area contributed by atoms with Gasteiger partial charge < -0.3 is 14.3 Å². The normalized spacial score (nSPS) is 11.0. The van der Waals surface area contributed by atoms with Gasteiger partial charge in [0, 0.05) is 25.2 Å². The average Bonchev–Trinajstić information content (AvgIpc) is 3.26. The van der Waals surface area contributed by atoms with Crippen LogP contribution < -0.4 is 5.32 Å². The Morgan fingerprint density at radius 3 is 2.56 bits per heavy atom. The number of hydrogen-bond acceptors (Lipinski definition) is 2. The Morgan fingerprint density at radius 2 is 1.78 bits per heavy atom. The molecule has 4 rings (SSSR count). The summed E-state index contributed by atoms with van der Waals surface area (Å²) >= 11 is 0. The number of carbonyl (C=O) groups is 1. The smallest absolute Gasteiger partial charge is 0.268 e. The molecule has 0 fully saturated rings. The third-order valence-electron chi connectivity index (χ3n) is 4.38. The summed E-state index contributed by atoms with van der Waals surface area (Å²) in [6.07, 6.45) is 1.53. The summed E-state index contributed by atoms with van der Waals surface area (Å²) in [7, 11) is 0. The fourth-order valence-corrected chi connectivity index (χ4v) is 3.02. The molecule has 1 amide bonds. The molecule has 0 saturated heterocycles. The van der Waals surface area contributed by atoms with Crippen molar-refractivity contribution < 1.29 is 18.0 Å². The fraction of sp³-hybridized carbons (Fsp3) is 0.0952. The molecule has 0 saturated carbocycles. The van der Waals surface area contributed by atoms with Crippen molar-refractivity contribution in [3.8, 4) is 0 Å². The van der Waals surface area contributed by atoms with Gasteiger partial charge in [-0.15, -0.1) is 0 Å². The Labute approximate surface area is 154 Å². The molecule has 2 aromatic heterocycles. The van der Waals surface area contributed by atoms with Crippen molar-refractivity contribution >= 4 is 17.0 Å². The zero-order valence-corrected chi connectivity index (χ0v) is 14.3. The molecule has 0 unspecified atom stereocenters. The van der Waals surface area contributed by atoms with E-state index in [1.807, 2.05) is 30.3 Å². The summed E-state index contributed by atoms with van der Waals surface area (Å²) in [5.74, 6) is -2.09. The van der Waals surface area contributed by atoms with Crippen molar-refractivity contribution in [1.29, 1.82) is 0 Å². The number of aromatic nitrogens is 1. The molecule has 4 nitrogen and oxygen atoms in total. The molecule has 6 heteroatoms. The van der Waals surface area contributed by atoms with Crippen molar-refractivity contribution in [2.24, 2.45) is 0 Å². The number of nitrogens with one attached hydrogen (secondary N) is 1. The Kier molecular flexibility index (Phi) is 4.46. The van der Waals surface area contributed by atoms with E-state index in [4.69, 9.17) is 4.42 Å². The van der Waals surface area contributed by atoms with Crippen molar-refractivity contribution in [3.63, 3.8) is 0 Å². The monoisotopic (exact) mass is 366 g/mol. The molecule has 4 aromatic rings. The lowest BCUT2D eigenvalue weighted by molar-refractivity contribution is 0.0942. The highest BCUT2D eigenvalue weighted by molar-refractivity contribution is 5.97. The summed E-state index contributed by atoms with van der Waals surface area (Å²) in [6, 6.07) is 16.7. The lowest BCUT2D eigenvalue weighted by atomic mass is 10.2. The van der Waals surface area contributed by atoms with Gasteiger partial charge in [-0.05, 0) is 23.3 Å². The van der Waals surface area contributed by atoms with Crippen LogP contribution in [0.3, 0.4) is 0 Å². The Hall–Kier alpha value is -3.41. The minimum absolute atomic E-state index is 0.217. The van der Waals surface area contributed by atoms with E-state index in [-0.39, 0.29) is 12.5 Å². The van der Waals surface area contributed by atoms with Gasteiger partial charge in [0.05, 0.1) is 11.8 Å². The lowest BCUT2D eigenvalue weighted by Gasteiger charge is -2.11. The maximum atomic E-state index is 13.5. The minimum atomic E-state index is -0.918. The zero-order chi connectivity index (χ0) is 18.8. The van der Waals surface area contributed by atoms with Crippen LogP contribution in [0.4, 0.5) is 8.78 Å². The molecule has 0 atom stereocenters. The Morgan fingerprint density at radius 1 is 0.963 bits per heavy atom. The van der Waals surface area contributed by atoms with Crippen molar-refractivity contribution in [2.45, 2.75) is 13.1 Å². The summed E-state index contributed by atoms with van der Waals surface area (Å²) in [5.41, 5.74) is 3.19.